The predicted octanol–water partition coefficient (Wildman–Crippen LogP) is 11.7. The second-order valence-electron chi connectivity index (χ2n) is 14.4. The standard InChI is InChI=1S/C38H35F12N4P/c1-21(2)31-33(23-5-13-27(14-6-23)35(39,40)41,24-7-15-28(16-8-24)36(42,43)44)53-55(51-31)52-32(22(3)4)34(54-55,25-9-17-29(18-10-25)37(45,46)47)26-11-19-30(20-12-26)38(48,49)50/h5-22,31-32,51-53H,1-4H3. The van der Waals surface area contributed by atoms with Gasteiger partial charge >= 0.3 is 24.7 Å². The normalized spacial score (nSPS) is 22.8. The van der Waals surface area contributed by atoms with Gasteiger partial charge in [-0.25, -0.2) is 9.83 Å². The van der Waals surface area contributed by atoms with Crippen LogP contribution in [-0.2, 0) is 35.8 Å². The van der Waals surface area contributed by atoms with Gasteiger partial charge in [0.15, 0.2) is 7.51 Å². The molecule has 4 aromatic carbocycles. The van der Waals surface area contributed by atoms with Crippen LogP contribution in [0.25, 0.3) is 0 Å². The molecule has 0 amide bonds. The molecule has 6 rings (SSSR count). The molecular weight excluding hydrogens is 771 g/mol. The van der Waals surface area contributed by atoms with Crippen molar-refractivity contribution >= 4 is 7.51 Å². The van der Waals surface area contributed by atoms with E-state index in [0.29, 0.717) is 0 Å². The molecular formula is C38H35F12N4P. The Balaban J connectivity index is 1.65. The molecule has 3 atom stereocenters. The summed E-state index contributed by atoms with van der Waals surface area (Å²) in [6.45, 7) is 7.15. The molecule has 0 saturated carbocycles. The van der Waals surface area contributed by atoms with Crippen molar-refractivity contribution < 1.29 is 52.7 Å². The molecule has 0 aliphatic carbocycles. The second-order valence-corrected chi connectivity index (χ2v) is 16.6. The van der Waals surface area contributed by atoms with E-state index in [0.717, 1.165) is 48.5 Å². The van der Waals surface area contributed by atoms with E-state index >= 15 is 0 Å². The zero-order chi connectivity index (χ0) is 40.6. The van der Waals surface area contributed by atoms with Crippen molar-refractivity contribution in [2.45, 2.75) is 75.6 Å². The van der Waals surface area contributed by atoms with Gasteiger partial charge in [0.1, 0.15) is 5.54 Å². The third-order valence-electron chi connectivity index (χ3n) is 10.2. The quantitative estimate of drug-likeness (QED) is 0.134. The van der Waals surface area contributed by atoms with Crippen molar-refractivity contribution in [1.82, 2.24) is 15.3 Å². The van der Waals surface area contributed by atoms with Crippen LogP contribution in [0.4, 0.5) is 52.7 Å². The summed E-state index contributed by atoms with van der Waals surface area (Å²) in [5.41, 5.74) is -6.23. The van der Waals surface area contributed by atoms with Crippen molar-refractivity contribution in [1.29, 1.82) is 0 Å². The molecule has 4 nitrogen and oxygen atoms in total. The Morgan fingerprint density at radius 2 is 0.727 bits per heavy atom. The SMILES string of the molecule is CC(C)C1NP2(=NC1(c1ccc(C(F)(F)F)cc1)c1ccc(C(F)(F)F)cc1)NC(C(C)C)C(c1ccc(C(F)(F)F)cc1)(c1ccc(C(F)(F)F)cc1)N2. The van der Waals surface area contributed by atoms with Crippen LogP contribution in [0.5, 0.6) is 0 Å². The highest BCUT2D eigenvalue weighted by Gasteiger charge is 2.61. The fourth-order valence-electron chi connectivity index (χ4n) is 7.65. The first-order chi connectivity index (χ1) is 25.3. The van der Waals surface area contributed by atoms with Gasteiger partial charge in [0, 0.05) is 12.1 Å². The van der Waals surface area contributed by atoms with E-state index in [4.69, 9.17) is 4.74 Å². The topological polar surface area (TPSA) is 48.5 Å². The van der Waals surface area contributed by atoms with Gasteiger partial charge in [-0.15, -0.1) is 0 Å². The maximum Gasteiger partial charge on any atom is 0.416 e. The molecule has 1 spiro atoms. The van der Waals surface area contributed by atoms with E-state index in [1.165, 1.54) is 48.5 Å². The number of nitrogens with zero attached hydrogens (tertiary/aromatic N) is 1. The molecule has 2 aliphatic rings. The molecule has 3 unspecified atom stereocenters. The third-order valence-corrected chi connectivity index (χ3v) is 12.8. The van der Waals surface area contributed by atoms with E-state index in [9.17, 15) is 52.7 Å². The summed E-state index contributed by atoms with van der Waals surface area (Å²) < 4.78 is 170. The Bertz CT molecular complexity index is 1930. The first kappa shape index (κ1) is 40.8. The first-order valence-corrected chi connectivity index (χ1v) is 18.8. The minimum absolute atomic E-state index is 0.203. The summed E-state index contributed by atoms with van der Waals surface area (Å²) in [6.07, 6.45) is -18.8. The Morgan fingerprint density at radius 3 is 1.00 bits per heavy atom. The van der Waals surface area contributed by atoms with Gasteiger partial charge in [-0.1, -0.05) is 76.2 Å². The average Bonchev–Trinajstić information content (AvgIpc) is 3.63. The third kappa shape index (κ3) is 7.31. The van der Waals surface area contributed by atoms with Crippen molar-refractivity contribution in [2.24, 2.45) is 16.6 Å². The van der Waals surface area contributed by atoms with E-state index < -0.39 is 89.5 Å². The van der Waals surface area contributed by atoms with E-state index in [1.54, 1.807) is 27.7 Å². The predicted molar refractivity (Wildman–Crippen MR) is 183 cm³/mol. The molecule has 55 heavy (non-hydrogen) atoms. The van der Waals surface area contributed by atoms with Crippen LogP contribution in [0.3, 0.4) is 0 Å². The molecule has 296 valence electrons. The lowest BCUT2D eigenvalue weighted by Crippen LogP contribution is -2.50. The molecule has 1 saturated heterocycles. The van der Waals surface area contributed by atoms with Crippen molar-refractivity contribution in [2.75, 3.05) is 0 Å². The van der Waals surface area contributed by atoms with E-state index in [1.807, 2.05) is 0 Å². The minimum atomic E-state index is -4.71. The Hall–Kier alpha value is -3.85. The van der Waals surface area contributed by atoms with Crippen LogP contribution >= 0.6 is 7.51 Å². The molecule has 0 aromatic heterocycles. The molecule has 0 radical (unpaired) electrons. The van der Waals surface area contributed by atoms with Crippen LogP contribution in [0.2, 0.25) is 0 Å². The molecule has 17 heteroatoms. The molecule has 2 aliphatic heterocycles. The minimum Gasteiger partial charge on any atom is -0.254 e. The van der Waals surface area contributed by atoms with Crippen LogP contribution in [0.1, 0.15) is 72.2 Å². The largest absolute Gasteiger partial charge is 0.416 e. The summed E-state index contributed by atoms with van der Waals surface area (Å²) >= 11 is 0. The number of rotatable bonds is 6. The fraction of sp³-hybridized carbons (Fsp3) is 0.368. The fourth-order valence-corrected chi connectivity index (χ4v) is 11.5. The lowest BCUT2D eigenvalue weighted by Gasteiger charge is -2.38. The molecule has 3 N–H and O–H groups in total. The lowest BCUT2D eigenvalue weighted by atomic mass is 9.74. The van der Waals surface area contributed by atoms with Gasteiger partial charge in [-0.3, -0.25) is 10.2 Å². The van der Waals surface area contributed by atoms with E-state index in [-0.39, 0.29) is 22.3 Å². The number of nitrogens with one attached hydrogen (secondary N) is 3. The van der Waals surface area contributed by atoms with Gasteiger partial charge in [0.2, 0.25) is 0 Å². The smallest absolute Gasteiger partial charge is 0.254 e. The van der Waals surface area contributed by atoms with Crippen LogP contribution in [-0.4, -0.2) is 12.1 Å². The summed E-state index contributed by atoms with van der Waals surface area (Å²) in [5.74, 6) is -0.793. The van der Waals surface area contributed by atoms with Gasteiger partial charge in [-0.05, 0) is 82.6 Å². The number of benzene rings is 4. The Labute approximate surface area is 308 Å². The maximum absolute atomic E-state index is 13.7. The van der Waals surface area contributed by atoms with Gasteiger partial charge in [-0.2, -0.15) is 52.7 Å². The summed E-state index contributed by atoms with van der Waals surface area (Å²) in [4.78, 5) is 0. The lowest BCUT2D eigenvalue weighted by molar-refractivity contribution is -0.138. The van der Waals surface area contributed by atoms with Gasteiger partial charge in [0.05, 0.1) is 27.8 Å². The first-order valence-electron chi connectivity index (χ1n) is 17.0. The molecule has 2 heterocycles. The Morgan fingerprint density at radius 1 is 0.455 bits per heavy atom. The number of halogens is 12. The van der Waals surface area contributed by atoms with Gasteiger partial charge < -0.3 is 0 Å². The highest BCUT2D eigenvalue weighted by Crippen LogP contribution is 2.63. The van der Waals surface area contributed by atoms with Crippen LogP contribution < -0.4 is 15.3 Å². The molecule has 0 bridgehead atoms. The zero-order valence-electron chi connectivity index (χ0n) is 29.5. The van der Waals surface area contributed by atoms with Crippen LogP contribution in [0, 0.1) is 11.8 Å². The molecule has 4 aromatic rings. The van der Waals surface area contributed by atoms with Gasteiger partial charge in [0.25, 0.3) is 0 Å². The summed E-state index contributed by atoms with van der Waals surface area (Å²) in [6, 6.07) is 14.9. The van der Waals surface area contributed by atoms with Crippen molar-refractivity contribution in [3.63, 3.8) is 0 Å². The highest BCUT2D eigenvalue weighted by atomic mass is 31.2. The van der Waals surface area contributed by atoms with E-state index in [2.05, 4.69) is 15.3 Å². The zero-order valence-corrected chi connectivity index (χ0v) is 30.4. The maximum atomic E-state index is 13.7. The van der Waals surface area contributed by atoms with Crippen molar-refractivity contribution in [3.8, 4) is 0 Å². The number of hydrogen-bond donors (Lipinski definition) is 3. The van der Waals surface area contributed by atoms with Crippen molar-refractivity contribution in [3.05, 3.63) is 142 Å². The Kier molecular flexibility index (Phi) is 10.1. The number of hydrogen-bond acceptors (Lipinski definition) is 4. The number of alkyl halides is 12. The monoisotopic (exact) mass is 806 g/mol. The second kappa shape index (κ2) is 13.7. The van der Waals surface area contributed by atoms with Crippen LogP contribution in [0.15, 0.2) is 102 Å². The average molecular weight is 807 g/mol. The summed E-state index contributed by atoms with van der Waals surface area (Å²) in [5, 5.41) is 10.5. The summed E-state index contributed by atoms with van der Waals surface area (Å²) in [7, 11) is -3.51. The highest BCUT2D eigenvalue weighted by molar-refractivity contribution is 7.61. The molecule has 1 fully saturated rings.